The van der Waals surface area contributed by atoms with Crippen LogP contribution in [0.1, 0.15) is 32.8 Å². The molecule has 0 aliphatic heterocycles. The summed E-state index contributed by atoms with van der Waals surface area (Å²) in [6.07, 6.45) is -14.7. The van der Waals surface area contributed by atoms with E-state index in [1.54, 1.807) is 13.8 Å². The van der Waals surface area contributed by atoms with Gasteiger partial charge < -0.3 is 9.84 Å². The fourth-order valence-corrected chi connectivity index (χ4v) is 2.22. The van der Waals surface area contributed by atoms with E-state index >= 15 is 0 Å². The number of hydrogen-bond donors (Lipinski definition) is 1. The summed E-state index contributed by atoms with van der Waals surface area (Å²) < 4.78 is 95.9. The first-order valence-corrected chi connectivity index (χ1v) is 7.39. The molecule has 0 aromatic heterocycles. The molecule has 144 valence electrons. The summed E-state index contributed by atoms with van der Waals surface area (Å²) in [4.78, 5) is 0. The van der Waals surface area contributed by atoms with Crippen LogP contribution in [0.25, 0.3) is 0 Å². The lowest BCUT2D eigenvalue weighted by molar-refractivity contribution is -0.352. The Morgan fingerprint density at radius 2 is 1.44 bits per heavy atom. The molecular formula is C16H19F7O2. The van der Waals surface area contributed by atoms with Crippen molar-refractivity contribution in [1.82, 2.24) is 0 Å². The molecule has 1 atom stereocenters. The molecule has 9 heteroatoms. The number of alkyl halides is 7. The quantitative estimate of drug-likeness (QED) is 0.696. The molecule has 0 amide bonds. The lowest BCUT2D eigenvalue weighted by Gasteiger charge is -2.36. The van der Waals surface area contributed by atoms with Gasteiger partial charge in [-0.3, -0.25) is 0 Å². The molecule has 0 bridgehead atoms. The highest BCUT2D eigenvalue weighted by Crippen LogP contribution is 2.52. The van der Waals surface area contributed by atoms with E-state index in [1.165, 1.54) is 18.2 Å². The van der Waals surface area contributed by atoms with Gasteiger partial charge in [0, 0.05) is 12.0 Å². The van der Waals surface area contributed by atoms with Gasteiger partial charge in [-0.1, -0.05) is 32.0 Å². The van der Waals surface area contributed by atoms with E-state index in [9.17, 15) is 35.8 Å². The number of aliphatic hydroxyl groups is 1. The van der Waals surface area contributed by atoms with Crippen molar-refractivity contribution in [2.45, 2.75) is 50.8 Å². The molecule has 1 N–H and O–H groups in total. The third-order valence-corrected chi connectivity index (χ3v) is 3.53. The van der Waals surface area contributed by atoms with Gasteiger partial charge in [-0.2, -0.15) is 26.3 Å². The van der Waals surface area contributed by atoms with Crippen molar-refractivity contribution < 1.29 is 40.6 Å². The van der Waals surface area contributed by atoms with E-state index in [0.29, 0.717) is 6.92 Å². The molecule has 0 saturated carbocycles. The molecular weight excluding hydrogens is 357 g/mol. The largest absolute Gasteiger partial charge is 0.493 e. The zero-order chi connectivity index (χ0) is 19.7. The molecule has 2 nitrogen and oxygen atoms in total. The van der Waals surface area contributed by atoms with Crippen LogP contribution in [0.15, 0.2) is 24.3 Å². The van der Waals surface area contributed by atoms with E-state index < -0.39 is 30.0 Å². The Balaban J connectivity index is 3.29. The number of hydrogen-bond acceptors (Lipinski definition) is 2. The van der Waals surface area contributed by atoms with Gasteiger partial charge in [0.15, 0.2) is 0 Å². The highest BCUT2D eigenvalue weighted by Gasteiger charge is 2.73. The van der Waals surface area contributed by atoms with Gasteiger partial charge in [0.2, 0.25) is 0 Å². The van der Waals surface area contributed by atoms with Gasteiger partial charge in [0.05, 0.1) is 12.2 Å². The third kappa shape index (κ3) is 4.77. The molecule has 1 aromatic carbocycles. The van der Waals surface area contributed by atoms with Crippen LogP contribution in [-0.4, -0.2) is 29.7 Å². The van der Waals surface area contributed by atoms with Crippen LogP contribution in [0.4, 0.5) is 30.7 Å². The van der Waals surface area contributed by atoms with Crippen molar-refractivity contribution >= 4 is 0 Å². The van der Waals surface area contributed by atoms with Crippen molar-refractivity contribution in [2.24, 2.45) is 5.92 Å². The molecule has 0 radical (unpaired) electrons. The van der Waals surface area contributed by atoms with Crippen LogP contribution >= 0.6 is 0 Å². The standard InChI is InChI=1S/C16H19F7O2/c1-10(2)8-25-12-7-5-4-6-11(12)13(3,24)9-14(17,15(18,19)20)16(21,22)23/h4-7,10,24H,8-9H2,1-3H3. The predicted octanol–water partition coefficient (Wildman–Crippen LogP) is 5.15. The highest BCUT2D eigenvalue weighted by molar-refractivity contribution is 5.38. The van der Waals surface area contributed by atoms with E-state index in [2.05, 4.69) is 0 Å². The van der Waals surface area contributed by atoms with Gasteiger partial charge in [-0.25, -0.2) is 4.39 Å². The summed E-state index contributed by atoms with van der Waals surface area (Å²) in [5.41, 5.74) is -8.69. The summed E-state index contributed by atoms with van der Waals surface area (Å²) in [5, 5.41) is 10.3. The Labute approximate surface area is 140 Å². The maximum atomic E-state index is 14.0. The monoisotopic (exact) mass is 376 g/mol. The summed E-state index contributed by atoms with van der Waals surface area (Å²) in [6, 6.07) is 5.12. The maximum absolute atomic E-state index is 14.0. The fourth-order valence-electron chi connectivity index (χ4n) is 2.22. The Kier molecular flexibility index (Phi) is 6.04. The molecule has 1 aromatic rings. The second-order valence-electron chi connectivity index (χ2n) is 6.45. The average Bonchev–Trinajstić information content (AvgIpc) is 2.42. The molecule has 0 heterocycles. The molecule has 0 aliphatic carbocycles. The predicted molar refractivity (Wildman–Crippen MR) is 76.9 cm³/mol. The maximum Gasteiger partial charge on any atom is 0.431 e. The minimum Gasteiger partial charge on any atom is -0.493 e. The van der Waals surface area contributed by atoms with Gasteiger partial charge in [-0.15, -0.1) is 0 Å². The van der Waals surface area contributed by atoms with Crippen LogP contribution in [0.3, 0.4) is 0 Å². The summed E-state index contributed by atoms with van der Waals surface area (Å²) in [5.74, 6) is -0.0866. The van der Waals surface area contributed by atoms with Crippen LogP contribution < -0.4 is 4.74 Å². The molecule has 0 fully saturated rings. The number of halogens is 7. The summed E-state index contributed by atoms with van der Waals surface area (Å²) >= 11 is 0. The Hall–Kier alpha value is -1.51. The van der Waals surface area contributed by atoms with Gasteiger partial charge >= 0.3 is 18.0 Å². The SMILES string of the molecule is CC(C)COc1ccccc1C(C)(O)CC(F)(C(F)(F)F)C(F)(F)F. The number of rotatable bonds is 6. The second kappa shape index (κ2) is 7.01. The molecule has 0 spiro atoms. The van der Waals surface area contributed by atoms with Gasteiger partial charge in [0.25, 0.3) is 0 Å². The van der Waals surface area contributed by atoms with Crippen molar-refractivity contribution in [2.75, 3.05) is 6.61 Å². The molecule has 1 unspecified atom stereocenters. The van der Waals surface area contributed by atoms with Gasteiger partial charge in [-0.05, 0) is 18.9 Å². The first-order chi connectivity index (χ1) is 11.1. The van der Waals surface area contributed by atoms with Crippen LogP contribution in [0.5, 0.6) is 5.75 Å². The zero-order valence-electron chi connectivity index (χ0n) is 13.8. The topological polar surface area (TPSA) is 29.5 Å². The van der Waals surface area contributed by atoms with E-state index in [-0.39, 0.29) is 23.8 Å². The van der Waals surface area contributed by atoms with Crippen LogP contribution in [-0.2, 0) is 5.60 Å². The van der Waals surface area contributed by atoms with Crippen molar-refractivity contribution in [3.8, 4) is 5.75 Å². The first kappa shape index (κ1) is 21.5. The summed E-state index contributed by atoms with van der Waals surface area (Å²) in [7, 11) is 0. The van der Waals surface area contributed by atoms with Crippen LogP contribution in [0, 0.1) is 5.92 Å². The molecule has 25 heavy (non-hydrogen) atoms. The zero-order valence-corrected chi connectivity index (χ0v) is 13.8. The number of ether oxygens (including phenoxy) is 1. The normalized spacial score (nSPS) is 16.0. The first-order valence-electron chi connectivity index (χ1n) is 7.39. The molecule has 0 aliphatic rings. The fraction of sp³-hybridized carbons (Fsp3) is 0.625. The second-order valence-corrected chi connectivity index (χ2v) is 6.45. The Morgan fingerprint density at radius 1 is 0.960 bits per heavy atom. The lowest BCUT2D eigenvalue weighted by atomic mass is 9.83. The molecule has 1 rings (SSSR count). The van der Waals surface area contributed by atoms with E-state index in [4.69, 9.17) is 4.74 Å². The number of para-hydroxylation sites is 1. The van der Waals surface area contributed by atoms with Crippen molar-refractivity contribution in [1.29, 1.82) is 0 Å². The summed E-state index contributed by atoms with van der Waals surface area (Å²) in [6.45, 7) is 4.37. The Bertz CT molecular complexity index is 563. The average molecular weight is 376 g/mol. The van der Waals surface area contributed by atoms with Crippen LogP contribution in [0.2, 0.25) is 0 Å². The smallest absolute Gasteiger partial charge is 0.431 e. The van der Waals surface area contributed by atoms with E-state index in [1.807, 2.05) is 0 Å². The molecule has 0 saturated heterocycles. The Morgan fingerprint density at radius 3 is 1.88 bits per heavy atom. The third-order valence-electron chi connectivity index (χ3n) is 3.53. The van der Waals surface area contributed by atoms with Crippen molar-refractivity contribution in [3.63, 3.8) is 0 Å². The van der Waals surface area contributed by atoms with Crippen molar-refractivity contribution in [3.05, 3.63) is 29.8 Å². The number of benzene rings is 1. The highest BCUT2D eigenvalue weighted by atomic mass is 19.4. The minimum atomic E-state index is -6.23. The minimum absolute atomic E-state index is 0.0172. The van der Waals surface area contributed by atoms with E-state index in [0.717, 1.165) is 6.07 Å². The van der Waals surface area contributed by atoms with Gasteiger partial charge in [0.1, 0.15) is 5.75 Å². The lowest BCUT2D eigenvalue weighted by Crippen LogP contribution is -2.56.